The van der Waals surface area contributed by atoms with Gasteiger partial charge in [0, 0.05) is 19.0 Å². The predicted octanol–water partition coefficient (Wildman–Crippen LogP) is -0.110. The first-order chi connectivity index (χ1) is 8.78. The van der Waals surface area contributed by atoms with Crippen molar-refractivity contribution in [3.05, 3.63) is 29.2 Å². The van der Waals surface area contributed by atoms with Crippen molar-refractivity contribution >= 4 is 0 Å². The molecule has 3 rings (SSSR count). The number of fused-ring (bicyclic) bond motifs is 1. The second-order valence-corrected chi connectivity index (χ2v) is 4.51. The summed E-state index contributed by atoms with van der Waals surface area (Å²) in [6.07, 6.45) is 2.01. The molecule has 0 spiro atoms. The Bertz CT molecular complexity index is 454. The number of nitrogens with zero attached hydrogens (tertiary/aromatic N) is 1. The van der Waals surface area contributed by atoms with Crippen molar-refractivity contribution in [2.24, 2.45) is 0 Å². The summed E-state index contributed by atoms with van der Waals surface area (Å²) in [7, 11) is 1.56. The number of nitrogens with one attached hydrogen (secondary N) is 1. The number of piperidine rings is 1. The molecule has 98 valence electrons. The van der Waals surface area contributed by atoms with E-state index < -0.39 is 5.60 Å². The van der Waals surface area contributed by atoms with Crippen LogP contribution in [0.15, 0.2) is 18.3 Å². The number of aromatic nitrogens is 1. The third-order valence-corrected chi connectivity index (χ3v) is 3.65. The highest BCUT2D eigenvalue weighted by atomic mass is 16.7. The third-order valence-electron chi connectivity index (χ3n) is 3.65. The van der Waals surface area contributed by atoms with Crippen LogP contribution in [0.2, 0.25) is 0 Å². The lowest BCUT2D eigenvalue weighted by atomic mass is 9.85. The average molecular weight is 252 g/mol. The Hall–Kier alpha value is -1.37. The summed E-state index contributed by atoms with van der Waals surface area (Å²) in [5, 5.41) is 15.4. The fourth-order valence-electron chi connectivity index (χ4n) is 2.78. The molecule has 0 amide bonds. The van der Waals surface area contributed by atoms with Gasteiger partial charge in [0.15, 0.2) is 17.5 Å². The molecule has 2 aliphatic rings. The highest BCUT2D eigenvalue weighted by Gasteiger charge is 2.55. The van der Waals surface area contributed by atoms with Crippen LogP contribution in [0.4, 0.5) is 0 Å². The molecule has 1 N–H and O–H groups in total. The van der Waals surface area contributed by atoms with Crippen LogP contribution in [0.3, 0.4) is 0 Å². The molecular weight excluding hydrogens is 236 g/mol. The molecule has 2 fully saturated rings. The molecule has 0 aliphatic carbocycles. The molecule has 1 aromatic heterocycles. The minimum atomic E-state index is -0.695. The Morgan fingerprint density at radius 3 is 3.33 bits per heavy atom. The zero-order valence-corrected chi connectivity index (χ0v) is 10.2. The van der Waals surface area contributed by atoms with E-state index in [9.17, 15) is 5.21 Å². The second kappa shape index (κ2) is 4.38. The van der Waals surface area contributed by atoms with Crippen LogP contribution in [0.1, 0.15) is 12.1 Å². The molecule has 0 saturated carbocycles. The molecule has 18 heavy (non-hydrogen) atoms. The van der Waals surface area contributed by atoms with Gasteiger partial charge in [0.2, 0.25) is 0 Å². The number of ether oxygens (including phenoxy) is 3. The number of pyridine rings is 1. The summed E-state index contributed by atoms with van der Waals surface area (Å²) in [6.45, 7) is 1.68. The van der Waals surface area contributed by atoms with Gasteiger partial charge < -0.3 is 24.7 Å². The fourth-order valence-corrected chi connectivity index (χ4v) is 2.78. The lowest BCUT2D eigenvalue weighted by molar-refractivity contribution is -0.623. The van der Waals surface area contributed by atoms with Gasteiger partial charge in [-0.25, -0.2) is 0 Å². The number of hydrogen-bond donors (Lipinski definition) is 1. The summed E-state index contributed by atoms with van der Waals surface area (Å²) < 4.78 is 17.5. The van der Waals surface area contributed by atoms with Crippen molar-refractivity contribution in [2.75, 3.05) is 27.0 Å². The molecule has 2 atom stereocenters. The van der Waals surface area contributed by atoms with Crippen LogP contribution in [0, 0.1) is 5.21 Å². The summed E-state index contributed by atoms with van der Waals surface area (Å²) in [5.74, 6) is 0.546. The molecular formula is C12H16N2O4. The van der Waals surface area contributed by atoms with Crippen molar-refractivity contribution in [1.29, 1.82) is 0 Å². The van der Waals surface area contributed by atoms with Gasteiger partial charge in [-0.3, -0.25) is 0 Å². The van der Waals surface area contributed by atoms with E-state index in [4.69, 9.17) is 14.2 Å². The van der Waals surface area contributed by atoms with E-state index in [0.717, 1.165) is 11.3 Å². The summed E-state index contributed by atoms with van der Waals surface area (Å²) in [4.78, 5) is 0. The van der Waals surface area contributed by atoms with Crippen molar-refractivity contribution < 1.29 is 18.9 Å². The largest absolute Gasteiger partial charge is 0.618 e. The van der Waals surface area contributed by atoms with Gasteiger partial charge in [-0.05, 0) is 12.6 Å². The van der Waals surface area contributed by atoms with E-state index in [1.807, 2.05) is 0 Å². The first-order valence-electron chi connectivity index (χ1n) is 6.01. The molecule has 2 aliphatic heterocycles. The van der Waals surface area contributed by atoms with E-state index in [2.05, 4.69) is 5.32 Å². The van der Waals surface area contributed by atoms with Gasteiger partial charge in [0.1, 0.15) is 12.9 Å². The number of hydrogen-bond acceptors (Lipinski definition) is 5. The Kier molecular flexibility index (Phi) is 2.85. The van der Waals surface area contributed by atoms with Gasteiger partial charge in [-0.15, -0.1) is 0 Å². The molecule has 2 saturated heterocycles. The minimum Gasteiger partial charge on any atom is -0.618 e. The maximum Gasteiger partial charge on any atom is 0.269 e. The van der Waals surface area contributed by atoms with Crippen molar-refractivity contribution in [1.82, 2.24) is 5.32 Å². The molecule has 0 unspecified atom stereocenters. The summed E-state index contributed by atoms with van der Waals surface area (Å²) in [5.41, 5.74) is -0.184. The van der Waals surface area contributed by atoms with Crippen molar-refractivity contribution in [3.8, 4) is 5.75 Å². The smallest absolute Gasteiger partial charge is 0.269 e. The van der Waals surface area contributed by atoms with E-state index in [0.29, 0.717) is 24.4 Å². The van der Waals surface area contributed by atoms with Gasteiger partial charge in [0.25, 0.3) is 5.69 Å². The van der Waals surface area contributed by atoms with Crippen LogP contribution in [-0.2, 0) is 15.1 Å². The van der Waals surface area contributed by atoms with Crippen LogP contribution in [0.25, 0.3) is 0 Å². The lowest BCUT2D eigenvalue weighted by Crippen LogP contribution is -2.55. The molecule has 0 aromatic carbocycles. The minimum absolute atomic E-state index is 0.150. The van der Waals surface area contributed by atoms with E-state index >= 15 is 0 Å². The average Bonchev–Trinajstić information content (AvgIpc) is 2.82. The molecule has 6 heteroatoms. The molecule has 0 bridgehead atoms. The normalized spacial score (nSPS) is 31.1. The fraction of sp³-hybridized carbons (Fsp3) is 0.583. The second-order valence-electron chi connectivity index (χ2n) is 4.51. The summed E-state index contributed by atoms with van der Waals surface area (Å²) >= 11 is 0. The van der Waals surface area contributed by atoms with Gasteiger partial charge >= 0.3 is 0 Å². The molecule has 0 radical (unpaired) electrons. The first kappa shape index (κ1) is 11.7. The zero-order chi connectivity index (χ0) is 12.6. The van der Waals surface area contributed by atoms with Crippen molar-refractivity contribution in [3.63, 3.8) is 0 Å². The van der Waals surface area contributed by atoms with Gasteiger partial charge in [-0.1, -0.05) is 0 Å². The van der Waals surface area contributed by atoms with Crippen LogP contribution in [0.5, 0.6) is 5.75 Å². The number of methoxy groups -OCH3 is 1. The molecule has 3 heterocycles. The maximum absolute atomic E-state index is 12.1. The van der Waals surface area contributed by atoms with Crippen LogP contribution in [-0.4, -0.2) is 33.1 Å². The highest BCUT2D eigenvalue weighted by molar-refractivity contribution is 5.31. The van der Waals surface area contributed by atoms with E-state index in [1.54, 1.807) is 19.2 Å². The monoisotopic (exact) mass is 252 g/mol. The maximum atomic E-state index is 12.1. The Labute approximate surface area is 105 Å². The standard InChI is InChI=1S/C12H16N2O4/c1-16-9-3-2-6-14(15)11(9)12-4-5-13-7-10(12)17-8-18-12/h2-3,6,10,13H,4-5,7-8H2,1H3/t10-,12+/m1/s1. The third kappa shape index (κ3) is 1.57. The SMILES string of the molecule is COc1ccc[n+]([O-])c1[C@]12CCNC[C@H]1OCO2. The van der Waals surface area contributed by atoms with Crippen LogP contribution >= 0.6 is 0 Å². The lowest BCUT2D eigenvalue weighted by Gasteiger charge is -2.35. The highest BCUT2D eigenvalue weighted by Crippen LogP contribution is 2.42. The first-order valence-corrected chi connectivity index (χ1v) is 6.01. The summed E-state index contributed by atoms with van der Waals surface area (Å²) in [6, 6.07) is 3.44. The Balaban J connectivity index is 2.12. The molecule has 6 nitrogen and oxygen atoms in total. The topological polar surface area (TPSA) is 66.7 Å². The number of rotatable bonds is 2. The van der Waals surface area contributed by atoms with Gasteiger partial charge in [-0.2, -0.15) is 4.73 Å². The van der Waals surface area contributed by atoms with Crippen molar-refractivity contribution in [2.45, 2.75) is 18.1 Å². The molecule has 1 aromatic rings. The predicted molar refractivity (Wildman–Crippen MR) is 61.9 cm³/mol. The Morgan fingerprint density at radius 2 is 2.50 bits per heavy atom. The van der Waals surface area contributed by atoms with E-state index in [1.165, 1.54) is 6.20 Å². The zero-order valence-electron chi connectivity index (χ0n) is 10.2. The van der Waals surface area contributed by atoms with Gasteiger partial charge in [0.05, 0.1) is 7.11 Å². The quantitative estimate of drug-likeness (QED) is 0.587. The van der Waals surface area contributed by atoms with E-state index in [-0.39, 0.29) is 12.9 Å². The van der Waals surface area contributed by atoms with Crippen LogP contribution < -0.4 is 14.8 Å². The Morgan fingerprint density at radius 1 is 1.61 bits per heavy atom.